The Morgan fingerprint density at radius 3 is 2.48 bits per heavy atom. The molecule has 0 unspecified atom stereocenters. The van der Waals surface area contributed by atoms with E-state index in [0.717, 1.165) is 11.3 Å². The molecular formula is C21H19N3O2S. The van der Waals surface area contributed by atoms with E-state index in [4.69, 9.17) is 17.0 Å². The van der Waals surface area contributed by atoms with E-state index in [0.29, 0.717) is 21.5 Å². The number of nitriles is 1. The first kappa shape index (κ1) is 18.6. The molecule has 0 spiro atoms. The standard InChI is InChI=1S/C21H19N3O2S/c1-13(2)24-10-4-5-16(21(24)27)17-11-19(23-20(25)18(17)12-22)14-6-8-15(26-3)9-7-14/h4-11,13H,1-3H3,(H,23,25). The van der Waals surface area contributed by atoms with Gasteiger partial charge in [-0.2, -0.15) is 5.26 Å². The Morgan fingerprint density at radius 2 is 1.89 bits per heavy atom. The molecule has 0 aliphatic rings. The van der Waals surface area contributed by atoms with Crippen LogP contribution in [0, 0.1) is 16.0 Å². The van der Waals surface area contributed by atoms with E-state index in [-0.39, 0.29) is 11.6 Å². The van der Waals surface area contributed by atoms with Crippen molar-refractivity contribution in [3.63, 3.8) is 0 Å². The van der Waals surface area contributed by atoms with E-state index in [1.165, 1.54) is 0 Å². The third kappa shape index (κ3) is 3.55. The zero-order valence-electron chi connectivity index (χ0n) is 15.3. The number of hydrogen-bond donors (Lipinski definition) is 1. The minimum atomic E-state index is -0.435. The van der Waals surface area contributed by atoms with E-state index in [1.807, 2.05) is 67.1 Å². The van der Waals surface area contributed by atoms with Crippen molar-refractivity contribution in [2.45, 2.75) is 19.9 Å². The lowest BCUT2D eigenvalue weighted by Crippen LogP contribution is -2.13. The molecule has 3 aromatic rings. The Hall–Kier alpha value is -3.17. The summed E-state index contributed by atoms with van der Waals surface area (Å²) in [5.41, 5.74) is 2.28. The molecule has 0 bridgehead atoms. The van der Waals surface area contributed by atoms with E-state index in [1.54, 1.807) is 13.2 Å². The van der Waals surface area contributed by atoms with Gasteiger partial charge >= 0.3 is 0 Å². The molecule has 27 heavy (non-hydrogen) atoms. The van der Waals surface area contributed by atoms with Crippen LogP contribution in [0.2, 0.25) is 0 Å². The highest BCUT2D eigenvalue weighted by atomic mass is 32.1. The maximum Gasteiger partial charge on any atom is 0.266 e. The zero-order valence-corrected chi connectivity index (χ0v) is 16.1. The van der Waals surface area contributed by atoms with Crippen LogP contribution in [-0.4, -0.2) is 16.7 Å². The predicted molar refractivity (Wildman–Crippen MR) is 108 cm³/mol. The molecule has 0 fully saturated rings. The van der Waals surface area contributed by atoms with Gasteiger partial charge in [0.05, 0.1) is 7.11 Å². The molecule has 0 radical (unpaired) electrons. The van der Waals surface area contributed by atoms with Gasteiger partial charge in [-0.1, -0.05) is 12.2 Å². The summed E-state index contributed by atoms with van der Waals surface area (Å²) in [6.07, 6.45) is 1.90. The molecule has 2 aromatic heterocycles. The summed E-state index contributed by atoms with van der Waals surface area (Å²) >= 11 is 5.62. The number of pyridine rings is 2. The lowest BCUT2D eigenvalue weighted by Gasteiger charge is -2.15. The average molecular weight is 377 g/mol. The fraction of sp³-hybridized carbons (Fsp3) is 0.190. The largest absolute Gasteiger partial charge is 0.497 e. The number of nitrogens with one attached hydrogen (secondary N) is 1. The summed E-state index contributed by atoms with van der Waals surface area (Å²) in [5, 5.41) is 9.53. The third-order valence-electron chi connectivity index (χ3n) is 4.37. The van der Waals surface area contributed by atoms with Crippen LogP contribution < -0.4 is 10.3 Å². The lowest BCUT2D eigenvalue weighted by molar-refractivity contribution is 0.415. The number of benzene rings is 1. The summed E-state index contributed by atoms with van der Waals surface area (Å²) in [6, 6.07) is 15.1. The molecule has 0 saturated heterocycles. The number of rotatable bonds is 4. The van der Waals surface area contributed by atoms with Crippen molar-refractivity contribution in [1.29, 1.82) is 5.26 Å². The first-order valence-electron chi connectivity index (χ1n) is 8.49. The molecular weight excluding hydrogens is 358 g/mol. The van der Waals surface area contributed by atoms with Gasteiger partial charge in [0.1, 0.15) is 22.0 Å². The number of aromatic nitrogens is 2. The molecule has 5 nitrogen and oxygen atoms in total. The topological polar surface area (TPSA) is 70.8 Å². The summed E-state index contributed by atoms with van der Waals surface area (Å²) in [4.78, 5) is 15.3. The molecule has 3 rings (SSSR count). The van der Waals surface area contributed by atoms with Crippen molar-refractivity contribution in [1.82, 2.24) is 9.55 Å². The number of methoxy groups -OCH3 is 1. The lowest BCUT2D eigenvalue weighted by atomic mass is 10.00. The maximum atomic E-state index is 12.5. The highest BCUT2D eigenvalue weighted by Crippen LogP contribution is 2.28. The number of H-pyrrole nitrogens is 1. The van der Waals surface area contributed by atoms with Crippen LogP contribution in [0.15, 0.2) is 53.5 Å². The average Bonchev–Trinajstić information content (AvgIpc) is 2.67. The summed E-state index contributed by atoms with van der Waals surface area (Å²) in [5.74, 6) is 0.726. The van der Waals surface area contributed by atoms with Crippen molar-refractivity contribution in [3.05, 3.63) is 69.2 Å². The Labute approximate surface area is 162 Å². The second-order valence-electron chi connectivity index (χ2n) is 6.37. The SMILES string of the molecule is COc1ccc(-c2cc(-c3cccn(C(C)C)c3=S)c(C#N)c(=O)[nH]2)cc1. The number of ether oxygens (including phenoxy) is 1. The molecule has 0 aliphatic heterocycles. The predicted octanol–water partition coefficient (Wildman–Crippen LogP) is 4.70. The van der Waals surface area contributed by atoms with Crippen molar-refractivity contribution < 1.29 is 4.74 Å². The quantitative estimate of drug-likeness (QED) is 0.669. The summed E-state index contributed by atoms with van der Waals surface area (Å²) < 4.78 is 7.72. The van der Waals surface area contributed by atoms with Gasteiger partial charge in [0, 0.05) is 29.1 Å². The highest BCUT2D eigenvalue weighted by Gasteiger charge is 2.15. The molecule has 0 amide bonds. The smallest absolute Gasteiger partial charge is 0.266 e. The van der Waals surface area contributed by atoms with E-state index in [9.17, 15) is 10.1 Å². The van der Waals surface area contributed by atoms with Crippen LogP contribution >= 0.6 is 12.2 Å². The fourth-order valence-corrected chi connectivity index (χ4v) is 3.38. The van der Waals surface area contributed by atoms with Gasteiger partial charge in [-0.15, -0.1) is 0 Å². The van der Waals surface area contributed by atoms with Gasteiger partial charge < -0.3 is 14.3 Å². The Kier molecular flexibility index (Phi) is 5.24. The third-order valence-corrected chi connectivity index (χ3v) is 4.80. The second kappa shape index (κ2) is 7.60. The minimum Gasteiger partial charge on any atom is -0.497 e. The van der Waals surface area contributed by atoms with Gasteiger partial charge in [0.25, 0.3) is 5.56 Å². The highest BCUT2D eigenvalue weighted by molar-refractivity contribution is 7.71. The van der Waals surface area contributed by atoms with E-state index >= 15 is 0 Å². The van der Waals surface area contributed by atoms with Crippen molar-refractivity contribution >= 4 is 12.2 Å². The van der Waals surface area contributed by atoms with Crippen LogP contribution in [-0.2, 0) is 0 Å². The maximum absolute atomic E-state index is 12.5. The Balaban J connectivity index is 2.26. The minimum absolute atomic E-state index is 0.0554. The van der Waals surface area contributed by atoms with Crippen LogP contribution in [0.3, 0.4) is 0 Å². The fourth-order valence-electron chi connectivity index (χ4n) is 2.93. The van der Waals surface area contributed by atoms with Gasteiger partial charge in [-0.25, -0.2) is 0 Å². The number of hydrogen-bond acceptors (Lipinski definition) is 4. The molecule has 136 valence electrons. The second-order valence-corrected chi connectivity index (χ2v) is 6.76. The van der Waals surface area contributed by atoms with Crippen molar-refractivity contribution in [2.75, 3.05) is 7.11 Å². The Bertz CT molecular complexity index is 1140. The molecule has 6 heteroatoms. The van der Waals surface area contributed by atoms with Gasteiger partial charge in [-0.3, -0.25) is 4.79 Å². The molecule has 2 heterocycles. The van der Waals surface area contributed by atoms with Gasteiger partial charge in [0.2, 0.25) is 0 Å². The van der Waals surface area contributed by atoms with Crippen LogP contribution in [0.4, 0.5) is 0 Å². The van der Waals surface area contributed by atoms with Crippen molar-refractivity contribution in [2.24, 2.45) is 0 Å². The van der Waals surface area contributed by atoms with E-state index < -0.39 is 5.56 Å². The summed E-state index contributed by atoms with van der Waals surface area (Å²) in [6.45, 7) is 4.07. The van der Waals surface area contributed by atoms with Gasteiger partial charge in [-0.05, 0) is 61.9 Å². The zero-order chi connectivity index (χ0) is 19.6. The van der Waals surface area contributed by atoms with Crippen LogP contribution in [0.5, 0.6) is 5.75 Å². The normalized spacial score (nSPS) is 10.6. The molecule has 1 N–H and O–H groups in total. The van der Waals surface area contributed by atoms with Gasteiger partial charge in [0.15, 0.2) is 0 Å². The Morgan fingerprint density at radius 1 is 1.19 bits per heavy atom. The molecule has 0 saturated carbocycles. The summed E-state index contributed by atoms with van der Waals surface area (Å²) in [7, 11) is 1.60. The first-order chi connectivity index (χ1) is 13.0. The van der Waals surface area contributed by atoms with Crippen LogP contribution in [0.1, 0.15) is 25.5 Å². The molecule has 0 atom stereocenters. The number of aromatic amines is 1. The van der Waals surface area contributed by atoms with Crippen molar-refractivity contribution in [3.8, 4) is 34.2 Å². The van der Waals surface area contributed by atoms with E-state index in [2.05, 4.69) is 4.98 Å². The first-order valence-corrected chi connectivity index (χ1v) is 8.90. The monoisotopic (exact) mass is 377 g/mol. The molecule has 1 aromatic carbocycles. The van der Waals surface area contributed by atoms with Crippen LogP contribution in [0.25, 0.3) is 22.4 Å². The number of nitrogens with zero attached hydrogens (tertiary/aromatic N) is 2. The molecule has 0 aliphatic carbocycles.